The van der Waals surface area contributed by atoms with E-state index in [1.54, 1.807) is 0 Å². The molecule has 1 aliphatic heterocycles. The third kappa shape index (κ3) is 2.94. The van der Waals surface area contributed by atoms with E-state index in [1.807, 2.05) is 30.3 Å². The summed E-state index contributed by atoms with van der Waals surface area (Å²) in [6.45, 7) is 0.235. The van der Waals surface area contributed by atoms with Crippen molar-refractivity contribution in [2.24, 2.45) is 0 Å². The number of aromatic nitrogens is 2. The van der Waals surface area contributed by atoms with E-state index < -0.39 is 17.9 Å². The zero-order valence-electron chi connectivity index (χ0n) is 12.9. The number of ether oxygens (including phenoxy) is 1. The molecular formula is C16H16BrN3O4. The minimum absolute atomic E-state index is 0.233. The van der Waals surface area contributed by atoms with Crippen molar-refractivity contribution in [3.8, 4) is 11.3 Å². The lowest BCUT2D eigenvalue weighted by Crippen LogP contribution is -2.40. The van der Waals surface area contributed by atoms with Crippen LogP contribution in [0.2, 0.25) is 0 Å². The molecule has 1 fully saturated rings. The highest BCUT2D eigenvalue weighted by Gasteiger charge is 2.41. The van der Waals surface area contributed by atoms with Crippen LogP contribution in [0.1, 0.15) is 16.9 Å². The summed E-state index contributed by atoms with van der Waals surface area (Å²) in [7, 11) is 1.51. The Labute approximate surface area is 146 Å². The highest BCUT2D eigenvalue weighted by molar-refractivity contribution is 9.10. The van der Waals surface area contributed by atoms with Gasteiger partial charge in [0.15, 0.2) is 0 Å². The van der Waals surface area contributed by atoms with E-state index in [0.717, 1.165) is 5.56 Å². The minimum atomic E-state index is -1.04. The molecule has 1 aromatic carbocycles. The molecule has 0 saturated carbocycles. The molecule has 2 atom stereocenters. The molecule has 8 heteroatoms. The van der Waals surface area contributed by atoms with Gasteiger partial charge in [-0.25, -0.2) is 4.79 Å². The first-order valence-electron chi connectivity index (χ1n) is 7.38. The number of carboxylic acid groups (broad SMARTS) is 1. The number of halogens is 1. The standard InChI is InChI=1S/C16H16BrN3O4/c1-24-10-7-11(16(22)23)20(8-10)15(21)14-12(17)13(18-19-14)9-5-3-2-4-6-9/h2-6,10-11H,7-8H2,1H3,(H,18,19)(H,22,23). The Bertz CT molecular complexity index is 762. The van der Waals surface area contributed by atoms with Crippen LogP contribution in [0.25, 0.3) is 11.3 Å². The number of H-pyrrole nitrogens is 1. The van der Waals surface area contributed by atoms with Crippen molar-refractivity contribution in [3.63, 3.8) is 0 Å². The van der Waals surface area contributed by atoms with Crippen molar-refractivity contribution >= 4 is 27.8 Å². The second kappa shape index (κ2) is 6.74. The van der Waals surface area contributed by atoms with Crippen LogP contribution < -0.4 is 0 Å². The molecule has 2 heterocycles. The third-order valence-electron chi connectivity index (χ3n) is 4.11. The maximum absolute atomic E-state index is 12.8. The summed E-state index contributed by atoms with van der Waals surface area (Å²) >= 11 is 3.40. The molecule has 2 unspecified atom stereocenters. The molecule has 1 amide bonds. The Morgan fingerprint density at radius 2 is 2.08 bits per heavy atom. The molecule has 2 N–H and O–H groups in total. The molecule has 0 aliphatic carbocycles. The quantitative estimate of drug-likeness (QED) is 0.829. The first kappa shape index (κ1) is 16.7. The Hall–Kier alpha value is -2.19. The molecule has 1 aromatic heterocycles. The first-order chi connectivity index (χ1) is 11.5. The summed E-state index contributed by atoms with van der Waals surface area (Å²) in [5, 5.41) is 16.3. The SMILES string of the molecule is COC1CC(C(=O)O)N(C(=O)c2[nH]nc(-c3ccccc3)c2Br)C1. The van der Waals surface area contributed by atoms with Crippen LogP contribution in [0.4, 0.5) is 0 Å². The Balaban J connectivity index is 1.91. The van der Waals surface area contributed by atoms with Gasteiger partial charge in [-0.15, -0.1) is 0 Å². The molecule has 0 spiro atoms. The van der Waals surface area contributed by atoms with Gasteiger partial charge in [-0.3, -0.25) is 9.89 Å². The van der Waals surface area contributed by atoms with Crippen LogP contribution in [0.15, 0.2) is 34.8 Å². The molecule has 7 nitrogen and oxygen atoms in total. The van der Waals surface area contributed by atoms with Crippen molar-refractivity contribution in [1.82, 2.24) is 15.1 Å². The number of likely N-dealkylation sites (tertiary alicyclic amines) is 1. The smallest absolute Gasteiger partial charge is 0.326 e. The van der Waals surface area contributed by atoms with Gasteiger partial charge in [0.2, 0.25) is 0 Å². The van der Waals surface area contributed by atoms with Gasteiger partial charge in [0.1, 0.15) is 17.4 Å². The zero-order chi connectivity index (χ0) is 17.3. The van der Waals surface area contributed by atoms with Crippen LogP contribution in [-0.4, -0.2) is 57.9 Å². The molecule has 0 radical (unpaired) electrons. The Morgan fingerprint density at radius 1 is 1.38 bits per heavy atom. The first-order valence-corrected chi connectivity index (χ1v) is 8.18. The van der Waals surface area contributed by atoms with E-state index in [2.05, 4.69) is 26.1 Å². The molecule has 1 aliphatic rings. The van der Waals surface area contributed by atoms with E-state index in [-0.39, 0.29) is 24.8 Å². The Morgan fingerprint density at radius 3 is 2.71 bits per heavy atom. The molecule has 0 bridgehead atoms. The lowest BCUT2D eigenvalue weighted by Gasteiger charge is -2.20. The number of carbonyl (C=O) groups excluding carboxylic acids is 1. The number of aromatic amines is 1. The molecule has 1 saturated heterocycles. The number of amides is 1. The van der Waals surface area contributed by atoms with Crippen molar-refractivity contribution in [1.29, 1.82) is 0 Å². The summed E-state index contributed by atoms with van der Waals surface area (Å²) in [5.74, 6) is -1.45. The topological polar surface area (TPSA) is 95.5 Å². The number of carboxylic acids is 1. The number of rotatable bonds is 4. The number of benzene rings is 1. The minimum Gasteiger partial charge on any atom is -0.480 e. The van der Waals surface area contributed by atoms with Crippen LogP contribution in [-0.2, 0) is 9.53 Å². The number of methoxy groups -OCH3 is 1. The fourth-order valence-corrected chi connectivity index (χ4v) is 3.40. The van der Waals surface area contributed by atoms with Gasteiger partial charge >= 0.3 is 5.97 Å². The molecule has 126 valence electrons. The van der Waals surface area contributed by atoms with Gasteiger partial charge in [-0.2, -0.15) is 5.10 Å². The number of hydrogen-bond donors (Lipinski definition) is 2. The average Bonchev–Trinajstić information content (AvgIpc) is 3.19. The van der Waals surface area contributed by atoms with Crippen LogP contribution >= 0.6 is 15.9 Å². The highest BCUT2D eigenvalue weighted by atomic mass is 79.9. The van der Waals surface area contributed by atoms with Gasteiger partial charge in [0, 0.05) is 25.6 Å². The largest absolute Gasteiger partial charge is 0.480 e. The van der Waals surface area contributed by atoms with Crippen LogP contribution in [0, 0.1) is 0 Å². The monoisotopic (exact) mass is 393 g/mol. The highest BCUT2D eigenvalue weighted by Crippen LogP contribution is 2.31. The number of nitrogens with one attached hydrogen (secondary N) is 1. The van der Waals surface area contributed by atoms with Gasteiger partial charge < -0.3 is 14.7 Å². The second-order valence-corrected chi connectivity index (χ2v) is 6.33. The lowest BCUT2D eigenvalue weighted by molar-refractivity contribution is -0.141. The normalized spacial score (nSPS) is 20.3. The number of nitrogens with zero attached hydrogens (tertiary/aromatic N) is 2. The maximum atomic E-state index is 12.8. The molecule has 2 aromatic rings. The molecular weight excluding hydrogens is 378 g/mol. The Kier molecular flexibility index (Phi) is 4.68. The predicted octanol–water partition coefficient (Wildman–Crippen LogP) is 2.15. The summed E-state index contributed by atoms with van der Waals surface area (Å²) in [6, 6.07) is 8.50. The molecule has 24 heavy (non-hydrogen) atoms. The van der Waals surface area contributed by atoms with E-state index in [0.29, 0.717) is 10.2 Å². The summed E-state index contributed by atoms with van der Waals surface area (Å²) in [5.41, 5.74) is 1.69. The van der Waals surface area contributed by atoms with E-state index in [1.165, 1.54) is 12.0 Å². The third-order valence-corrected chi connectivity index (χ3v) is 4.88. The van der Waals surface area contributed by atoms with E-state index >= 15 is 0 Å². The van der Waals surface area contributed by atoms with Gasteiger partial charge in [0.05, 0.1) is 10.6 Å². The summed E-state index contributed by atoms with van der Waals surface area (Å²) < 4.78 is 5.74. The van der Waals surface area contributed by atoms with Crippen molar-refractivity contribution < 1.29 is 19.4 Å². The van der Waals surface area contributed by atoms with Gasteiger partial charge in [-0.1, -0.05) is 30.3 Å². The predicted molar refractivity (Wildman–Crippen MR) is 89.6 cm³/mol. The van der Waals surface area contributed by atoms with Crippen LogP contribution in [0.5, 0.6) is 0 Å². The second-order valence-electron chi connectivity index (χ2n) is 5.53. The zero-order valence-corrected chi connectivity index (χ0v) is 14.5. The fourth-order valence-electron chi connectivity index (χ4n) is 2.83. The number of hydrogen-bond acceptors (Lipinski definition) is 4. The van der Waals surface area contributed by atoms with Crippen molar-refractivity contribution in [3.05, 3.63) is 40.5 Å². The summed E-state index contributed by atoms with van der Waals surface area (Å²) in [4.78, 5) is 25.5. The van der Waals surface area contributed by atoms with E-state index in [4.69, 9.17) is 4.74 Å². The molecule has 3 rings (SSSR count). The maximum Gasteiger partial charge on any atom is 0.326 e. The summed E-state index contributed by atoms with van der Waals surface area (Å²) in [6.07, 6.45) is -0.0140. The lowest BCUT2D eigenvalue weighted by atomic mass is 10.1. The van der Waals surface area contributed by atoms with E-state index in [9.17, 15) is 14.7 Å². The van der Waals surface area contributed by atoms with Crippen molar-refractivity contribution in [2.75, 3.05) is 13.7 Å². The number of aliphatic carboxylic acids is 1. The van der Waals surface area contributed by atoms with Crippen molar-refractivity contribution in [2.45, 2.75) is 18.6 Å². The van der Waals surface area contributed by atoms with Gasteiger partial charge in [-0.05, 0) is 15.9 Å². The number of carbonyl (C=O) groups is 2. The van der Waals surface area contributed by atoms with Gasteiger partial charge in [0.25, 0.3) is 5.91 Å². The van der Waals surface area contributed by atoms with Crippen LogP contribution in [0.3, 0.4) is 0 Å². The fraction of sp³-hybridized carbons (Fsp3) is 0.312. The average molecular weight is 394 g/mol.